The first-order chi connectivity index (χ1) is 8.15. The van der Waals surface area contributed by atoms with Gasteiger partial charge in [0, 0.05) is 12.3 Å². The minimum absolute atomic E-state index is 0.0165. The van der Waals surface area contributed by atoms with E-state index >= 15 is 0 Å². The van der Waals surface area contributed by atoms with Gasteiger partial charge in [0.25, 0.3) is 0 Å². The Bertz CT molecular complexity index is 541. The zero-order valence-corrected chi connectivity index (χ0v) is 9.41. The molecule has 0 aliphatic heterocycles. The van der Waals surface area contributed by atoms with E-state index in [4.69, 9.17) is 9.84 Å². The van der Waals surface area contributed by atoms with Gasteiger partial charge >= 0.3 is 5.97 Å². The van der Waals surface area contributed by atoms with Crippen LogP contribution < -0.4 is 4.74 Å². The number of carbonyl (C=O) groups is 1. The highest BCUT2D eigenvalue weighted by Gasteiger charge is 2.09. The molecule has 88 valence electrons. The van der Waals surface area contributed by atoms with E-state index in [2.05, 4.69) is 4.98 Å². The van der Waals surface area contributed by atoms with Crippen molar-refractivity contribution in [3.05, 3.63) is 46.2 Å². The van der Waals surface area contributed by atoms with E-state index in [1.807, 2.05) is 0 Å². The molecule has 0 aliphatic rings. The van der Waals surface area contributed by atoms with Crippen LogP contribution in [0.1, 0.15) is 14.7 Å². The molecule has 6 heteroatoms. The molecule has 0 radical (unpaired) electrons. The van der Waals surface area contributed by atoms with Crippen LogP contribution in [-0.2, 0) is 6.61 Å². The third-order valence-corrected chi connectivity index (χ3v) is 2.87. The predicted molar refractivity (Wildman–Crippen MR) is 59.8 cm³/mol. The predicted octanol–water partition coefficient (Wildman–Crippen LogP) is 2.56. The van der Waals surface area contributed by atoms with Crippen LogP contribution in [0.25, 0.3) is 0 Å². The molecular formula is C11H8FNO3S. The molecule has 0 atom stereocenters. The van der Waals surface area contributed by atoms with E-state index in [0.717, 1.165) is 11.3 Å². The molecule has 0 amide bonds. The highest BCUT2D eigenvalue weighted by atomic mass is 32.1. The minimum Gasteiger partial charge on any atom is -0.488 e. The normalized spacial score (nSPS) is 10.2. The van der Waals surface area contributed by atoms with E-state index in [1.165, 1.54) is 18.3 Å². The van der Waals surface area contributed by atoms with E-state index < -0.39 is 5.97 Å². The molecule has 0 aliphatic carbocycles. The minimum atomic E-state index is -1.06. The number of benzene rings is 1. The quantitative estimate of drug-likeness (QED) is 0.909. The average Bonchev–Trinajstić information content (AvgIpc) is 2.75. The number of carboxylic acid groups (broad SMARTS) is 1. The number of ether oxygens (including phenoxy) is 1. The molecular weight excluding hydrogens is 245 g/mol. The van der Waals surface area contributed by atoms with E-state index in [-0.39, 0.29) is 17.4 Å². The van der Waals surface area contributed by atoms with Crippen LogP contribution in [0, 0.1) is 5.82 Å². The SMILES string of the molecule is O=C(O)c1ncc(COc2cccc(F)c2)s1. The molecule has 0 spiro atoms. The maximum atomic E-state index is 12.8. The number of rotatable bonds is 4. The van der Waals surface area contributed by atoms with Crippen molar-refractivity contribution in [3.63, 3.8) is 0 Å². The van der Waals surface area contributed by atoms with Gasteiger partial charge in [0.1, 0.15) is 18.2 Å². The molecule has 1 heterocycles. The molecule has 0 saturated carbocycles. The van der Waals surface area contributed by atoms with Crippen molar-refractivity contribution in [1.82, 2.24) is 4.98 Å². The number of aromatic carboxylic acids is 1. The average molecular weight is 253 g/mol. The van der Waals surface area contributed by atoms with Crippen LogP contribution in [0.2, 0.25) is 0 Å². The fourth-order valence-electron chi connectivity index (χ4n) is 1.18. The molecule has 0 unspecified atom stereocenters. The molecule has 2 aromatic rings. The van der Waals surface area contributed by atoms with Gasteiger partial charge in [-0.05, 0) is 12.1 Å². The molecule has 4 nitrogen and oxygen atoms in total. The van der Waals surface area contributed by atoms with Crippen LogP contribution in [0.15, 0.2) is 30.5 Å². The molecule has 17 heavy (non-hydrogen) atoms. The molecule has 1 aromatic heterocycles. The molecule has 1 N–H and O–H groups in total. The van der Waals surface area contributed by atoms with Gasteiger partial charge < -0.3 is 9.84 Å². The van der Waals surface area contributed by atoms with Gasteiger partial charge in [0.15, 0.2) is 0 Å². The monoisotopic (exact) mass is 253 g/mol. The van der Waals surface area contributed by atoms with Gasteiger partial charge in [-0.25, -0.2) is 14.2 Å². The summed E-state index contributed by atoms with van der Waals surface area (Å²) >= 11 is 1.04. The number of carboxylic acids is 1. The largest absolute Gasteiger partial charge is 0.488 e. The smallest absolute Gasteiger partial charge is 0.365 e. The summed E-state index contributed by atoms with van der Waals surface area (Å²) in [6.07, 6.45) is 1.44. The maximum absolute atomic E-state index is 12.8. The molecule has 0 fully saturated rings. The Morgan fingerprint density at radius 3 is 3.00 bits per heavy atom. The summed E-state index contributed by atoms with van der Waals surface area (Å²) in [5.74, 6) is -1.04. The number of aromatic nitrogens is 1. The Kier molecular flexibility index (Phi) is 3.34. The lowest BCUT2D eigenvalue weighted by Crippen LogP contribution is -1.93. The Morgan fingerprint density at radius 1 is 1.53 bits per heavy atom. The second-order valence-electron chi connectivity index (χ2n) is 3.18. The third kappa shape index (κ3) is 3.01. The van der Waals surface area contributed by atoms with Gasteiger partial charge in [-0.2, -0.15) is 0 Å². The van der Waals surface area contributed by atoms with Crippen LogP contribution >= 0.6 is 11.3 Å². The molecule has 2 rings (SSSR count). The highest BCUT2D eigenvalue weighted by Crippen LogP contribution is 2.17. The summed E-state index contributed by atoms with van der Waals surface area (Å²) in [7, 11) is 0. The fraction of sp³-hybridized carbons (Fsp3) is 0.0909. The zero-order chi connectivity index (χ0) is 12.3. The number of thiazole rings is 1. The maximum Gasteiger partial charge on any atom is 0.365 e. The third-order valence-electron chi connectivity index (χ3n) is 1.91. The Hall–Kier alpha value is -1.95. The van der Waals surface area contributed by atoms with Crippen LogP contribution in [-0.4, -0.2) is 16.1 Å². The van der Waals surface area contributed by atoms with Gasteiger partial charge in [0.05, 0.1) is 4.88 Å². The number of nitrogens with zero attached hydrogens (tertiary/aromatic N) is 1. The summed E-state index contributed by atoms with van der Waals surface area (Å²) in [4.78, 5) is 15.0. The van der Waals surface area contributed by atoms with Gasteiger partial charge in [-0.15, -0.1) is 11.3 Å². The summed E-state index contributed by atoms with van der Waals surface area (Å²) in [6, 6.07) is 5.75. The van der Waals surface area contributed by atoms with Crippen molar-refractivity contribution in [2.24, 2.45) is 0 Å². The summed E-state index contributed by atoms with van der Waals surface area (Å²) in [5, 5.41) is 8.69. The fourth-order valence-corrected chi connectivity index (χ4v) is 1.85. The van der Waals surface area contributed by atoms with Gasteiger partial charge in [-0.3, -0.25) is 0 Å². The van der Waals surface area contributed by atoms with Crippen LogP contribution in [0.4, 0.5) is 4.39 Å². The van der Waals surface area contributed by atoms with Crippen molar-refractivity contribution < 1.29 is 19.0 Å². The number of hydrogen-bond acceptors (Lipinski definition) is 4. The van der Waals surface area contributed by atoms with Crippen molar-refractivity contribution in [3.8, 4) is 5.75 Å². The first-order valence-electron chi connectivity index (χ1n) is 4.71. The first kappa shape index (κ1) is 11.5. The van der Waals surface area contributed by atoms with Crippen molar-refractivity contribution in [1.29, 1.82) is 0 Å². The van der Waals surface area contributed by atoms with Crippen molar-refractivity contribution >= 4 is 17.3 Å². The number of halogens is 1. The summed E-state index contributed by atoms with van der Waals surface area (Å²) < 4.78 is 18.1. The summed E-state index contributed by atoms with van der Waals surface area (Å²) in [5.41, 5.74) is 0. The molecule has 0 bridgehead atoms. The Labute approximate surface area is 100 Å². The van der Waals surface area contributed by atoms with E-state index in [0.29, 0.717) is 10.6 Å². The zero-order valence-electron chi connectivity index (χ0n) is 8.59. The Balaban J connectivity index is 2.00. The highest BCUT2D eigenvalue weighted by molar-refractivity contribution is 7.13. The standard InChI is InChI=1S/C11H8FNO3S/c12-7-2-1-3-8(4-7)16-6-9-5-13-10(17-9)11(14)15/h1-5H,6H2,(H,14,15). The Morgan fingerprint density at radius 2 is 2.35 bits per heavy atom. The van der Waals surface area contributed by atoms with E-state index in [1.54, 1.807) is 12.1 Å². The van der Waals surface area contributed by atoms with E-state index in [9.17, 15) is 9.18 Å². The second-order valence-corrected chi connectivity index (χ2v) is 4.30. The number of hydrogen-bond donors (Lipinski definition) is 1. The van der Waals surface area contributed by atoms with Gasteiger partial charge in [-0.1, -0.05) is 6.07 Å². The lowest BCUT2D eigenvalue weighted by molar-refractivity contribution is 0.0696. The van der Waals surface area contributed by atoms with Crippen molar-refractivity contribution in [2.75, 3.05) is 0 Å². The van der Waals surface area contributed by atoms with Crippen LogP contribution in [0.3, 0.4) is 0 Å². The van der Waals surface area contributed by atoms with Crippen LogP contribution in [0.5, 0.6) is 5.75 Å². The lowest BCUT2D eigenvalue weighted by atomic mass is 10.3. The van der Waals surface area contributed by atoms with Crippen molar-refractivity contribution in [2.45, 2.75) is 6.61 Å². The molecule has 0 saturated heterocycles. The first-order valence-corrected chi connectivity index (χ1v) is 5.53. The summed E-state index contributed by atoms with van der Waals surface area (Å²) in [6.45, 7) is 0.175. The lowest BCUT2D eigenvalue weighted by Gasteiger charge is -2.03. The topological polar surface area (TPSA) is 59.4 Å². The molecule has 1 aromatic carbocycles. The van der Waals surface area contributed by atoms with Gasteiger partial charge in [0.2, 0.25) is 5.01 Å². The second kappa shape index (κ2) is 4.92.